The van der Waals surface area contributed by atoms with Gasteiger partial charge in [0.15, 0.2) is 0 Å². The summed E-state index contributed by atoms with van der Waals surface area (Å²) in [5, 5.41) is 0. The van der Waals surface area contributed by atoms with Crippen LogP contribution in [0.5, 0.6) is 0 Å². The first kappa shape index (κ1) is 15.7. The van der Waals surface area contributed by atoms with E-state index < -0.39 is 35.6 Å². The van der Waals surface area contributed by atoms with Gasteiger partial charge in [-0.3, -0.25) is 0 Å². The highest BCUT2D eigenvalue weighted by Crippen LogP contribution is 2.47. The zero-order valence-electron chi connectivity index (χ0n) is 8.54. The maximum atomic E-state index is 12.7. The molecule has 0 amide bonds. The fourth-order valence-corrected chi connectivity index (χ4v) is 0.771. The third-order valence-electron chi connectivity index (χ3n) is 1.68. The quantitative estimate of drug-likeness (QED) is 0.447. The Morgan fingerprint density at radius 1 is 1.06 bits per heavy atom. The van der Waals surface area contributed by atoms with Gasteiger partial charge in [0.05, 0.1) is 7.11 Å². The van der Waals surface area contributed by atoms with Crippen molar-refractivity contribution in [3.8, 4) is 0 Å². The van der Waals surface area contributed by atoms with E-state index in [1.165, 1.54) is 0 Å². The number of alkyl halides is 7. The lowest BCUT2D eigenvalue weighted by Crippen LogP contribution is -2.51. The number of hydrogen-bond donors (Lipinski definition) is 0. The third-order valence-corrected chi connectivity index (χ3v) is 1.68. The Kier molecular flexibility index (Phi) is 4.19. The molecule has 100 valence electrons. The van der Waals surface area contributed by atoms with Crippen LogP contribution in [0, 0.1) is 0 Å². The number of halogens is 7. The first-order chi connectivity index (χ1) is 7.37. The predicted molar refractivity (Wildman–Crippen MR) is 41.7 cm³/mol. The highest BCUT2D eigenvalue weighted by Gasteiger charge is 2.72. The molecular formula is C8H7F7O2. The van der Waals surface area contributed by atoms with Gasteiger partial charge in [-0.15, -0.1) is 0 Å². The van der Waals surface area contributed by atoms with Crippen LogP contribution in [0.3, 0.4) is 0 Å². The van der Waals surface area contributed by atoms with Gasteiger partial charge in [-0.05, 0) is 6.92 Å². The molecular weight excluding hydrogens is 261 g/mol. The minimum atomic E-state index is -6.43. The number of methoxy groups -OCH3 is 1. The van der Waals surface area contributed by atoms with E-state index >= 15 is 0 Å². The van der Waals surface area contributed by atoms with Gasteiger partial charge in [-0.1, -0.05) is 0 Å². The summed E-state index contributed by atoms with van der Waals surface area (Å²) in [6.45, 7) is 0.631. The molecule has 0 heterocycles. The van der Waals surface area contributed by atoms with Crippen LogP contribution in [0.2, 0.25) is 0 Å². The van der Waals surface area contributed by atoms with Crippen LogP contribution in [0.25, 0.3) is 0 Å². The zero-order valence-corrected chi connectivity index (χ0v) is 8.54. The van der Waals surface area contributed by atoms with Crippen molar-refractivity contribution in [2.75, 3.05) is 7.11 Å². The standard InChI is InChI=1S/C8H7F7O2/c1-4(5(16)17-2)3-6(9,10)7(11,12)8(13,14)15/h3H,1-2H3/b4-3-. The van der Waals surface area contributed by atoms with E-state index in [0.29, 0.717) is 6.92 Å². The van der Waals surface area contributed by atoms with E-state index in [-0.39, 0.29) is 0 Å². The van der Waals surface area contributed by atoms with Crippen molar-refractivity contribution in [1.29, 1.82) is 0 Å². The number of carbonyl (C=O) groups excluding carboxylic acids is 1. The number of hydrogen-bond acceptors (Lipinski definition) is 2. The lowest BCUT2D eigenvalue weighted by molar-refractivity contribution is -0.341. The minimum absolute atomic E-state index is 0.631. The minimum Gasteiger partial charge on any atom is -0.466 e. The van der Waals surface area contributed by atoms with Crippen LogP contribution < -0.4 is 0 Å². The number of allylic oxidation sites excluding steroid dienone is 1. The molecule has 0 unspecified atom stereocenters. The first-order valence-corrected chi connectivity index (χ1v) is 3.97. The van der Waals surface area contributed by atoms with Crippen molar-refractivity contribution in [1.82, 2.24) is 0 Å². The molecule has 17 heavy (non-hydrogen) atoms. The second-order valence-corrected chi connectivity index (χ2v) is 3.01. The molecule has 0 atom stereocenters. The largest absolute Gasteiger partial charge is 0.466 e. The number of rotatable bonds is 3. The number of esters is 1. The topological polar surface area (TPSA) is 26.3 Å². The summed E-state index contributed by atoms with van der Waals surface area (Å²) in [5.74, 6) is -13.2. The van der Waals surface area contributed by atoms with Gasteiger partial charge in [0, 0.05) is 11.6 Å². The lowest BCUT2D eigenvalue weighted by Gasteiger charge is -2.26. The normalized spacial score (nSPS) is 14.8. The molecule has 0 aliphatic heterocycles. The molecule has 0 aromatic heterocycles. The Morgan fingerprint density at radius 3 is 1.76 bits per heavy atom. The molecule has 2 nitrogen and oxygen atoms in total. The van der Waals surface area contributed by atoms with Crippen LogP contribution in [0.4, 0.5) is 30.7 Å². The van der Waals surface area contributed by atoms with E-state index in [2.05, 4.69) is 4.74 Å². The Labute approximate surface area is 91.0 Å². The summed E-state index contributed by atoms with van der Waals surface area (Å²) in [4.78, 5) is 10.6. The first-order valence-electron chi connectivity index (χ1n) is 3.97. The molecule has 0 spiro atoms. The van der Waals surface area contributed by atoms with Gasteiger partial charge in [-0.2, -0.15) is 30.7 Å². The van der Waals surface area contributed by atoms with Gasteiger partial charge < -0.3 is 4.74 Å². The van der Waals surface area contributed by atoms with E-state index in [4.69, 9.17) is 0 Å². The Balaban J connectivity index is 5.36. The summed E-state index contributed by atoms with van der Waals surface area (Å²) < 4.78 is 89.1. The predicted octanol–water partition coefficient (Wildman–Crippen LogP) is 2.94. The average molecular weight is 268 g/mol. The van der Waals surface area contributed by atoms with Gasteiger partial charge in [0.2, 0.25) is 0 Å². The van der Waals surface area contributed by atoms with E-state index in [1.54, 1.807) is 0 Å². The van der Waals surface area contributed by atoms with Crippen LogP contribution in [-0.2, 0) is 9.53 Å². The Hall–Kier alpha value is -1.28. The molecule has 0 saturated carbocycles. The van der Waals surface area contributed by atoms with Gasteiger partial charge in [0.25, 0.3) is 0 Å². The summed E-state index contributed by atoms with van der Waals surface area (Å²) in [7, 11) is 0.764. The lowest BCUT2D eigenvalue weighted by atomic mass is 10.1. The summed E-state index contributed by atoms with van der Waals surface area (Å²) in [6.07, 6.45) is -7.20. The van der Waals surface area contributed by atoms with Gasteiger partial charge in [-0.25, -0.2) is 4.79 Å². The maximum absolute atomic E-state index is 12.7. The monoisotopic (exact) mass is 268 g/mol. The maximum Gasteiger partial charge on any atom is 0.460 e. The summed E-state index contributed by atoms with van der Waals surface area (Å²) in [6, 6.07) is 0. The summed E-state index contributed by atoms with van der Waals surface area (Å²) in [5.41, 5.74) is -1.05. The molecule has 0 fully saturated rings. The molecule has 0 aliphatic rings. The molecule has 9 heteroatoms. The van der Waals surface area contributed by atoms with E-state index in [0.717, 1.165) is 7.11 Å². The zero-order chi connectivity index (χ0) is 14.1. The Bertz CT molecular complexity index is 329. The molecule has 0 aromatic rings. The van der Waals surface area contributed by atoms with Crippen molar-refractivity contribution in [2.45, 2.75) is 24.9 Å². The second kappa shape index (κ2) is 4.53. The fourth-order valence-electron chi connectivity index (χ4n) is 0.771. The molecule has 0 rings (SSSR count). The second-order valence-electron chi connectivity index (χ2n) is 3.01. The molecule has 0 saturated heterocycles. The molecule has 0 aliphatic carbocycles. The SMILES string of the molecule is COC(=O)/C(C)=C\C(F)(F)C(F)(F)C(F)(F)F. The third kappa shape index (κ3) is 3.10. The molecule has 0 N–H and O–H groups in total. The highest BCUT2D eigenvalue weighted by atomic mass is 19.4. The van der Waals surface area contributed by atoms with E-state index in [9.17, 15) is 35.5 Å². The molecule has 0 aromatic carbocycles. The van der Waals surface area contributed by atoms with Crippen LogP contribution in [-0.4, -0.2) is 31.1 Å². The van der Waals surface area contributed by atoms with Crippen molar-refractivity contribution < 1.29 is 40.3 Å². The van der Waals surface area contributed by atoms with Gasteiger partial charge in [0.1, 0.15) is 0 Å². The molecule has 0 bridgehead atoms. The van der Waals surface area contributed by atoms with Crippen molar-refractivity contribution in [2.24, 2.45) is 0 Å². The summed E-state index contributed by atoms with van der Waals surface area (Å²) >= 11 is 0. The average Bonchev–Trinajstić information content (AvgIpc) is 2.13. The fraction of sp³-hybridized carbons (Fsp3) is 0.625. The molecule has 0 radical (unpaired) electrons. The highest BCUT2D eigenvalue weighted by molar-refractivity contribution is 5.87. The van der Waals surface area contributed by atoms with Gasteiger partial charge >= 0.3 is 24.0 Å². The smallest absolute Gasteiger partial charge is 0.460 e. The Morgan fingerprint density at radius 2 is 1.47 bits per heavy atom. The van der Waals surface area contributed by atoms with Crippen molar-refractivity contribution in [3.05, 3.63) is 11.6 Å². The van der Waals surface area contributed by atoms with Crippen LogP contribution in [0.15, 0.2) is 11.6 Å². The van der Waals surface area contributed by atoms with E-state index in [1.807, 2.05) is 0 Å². The van der Waals surface area contributed by atoms with Crippen molar-refractivity contribution in [3.63, 3.8) is 0 Å². The van der Waals surface area contributed by atoms with Crippen LogP contribution >= 0.6 is 0 Å². The number of ether oxygens (including phenoxy) is 1. The van der Waals surface area contributed by atoms with Crippen molar-refractivity contribution >= 4 is 5.97 Å². The van der Waals surface area contributed by atoms with Crippen LogP contribution in [0.1, 0.15) is 6.92 Å². The number of carbonyl (C=O) groups is 1.